The molecule has 166 valence electrons. The van der Waals surface area contributed by atoms with Crippen LogP contribution in [0.2, 0.25) is 5.02 Å². The van der Waals surface area contributed by atoms with E-state index in [0.717, 1.165) is 35.1 Å². The van der Waals surface area contributed by atoms with Crippen LogP contribution in [-0.2, 0) is 4.79 Å². The Hall–Kier alpha value is -2.77. The van der Waals surface area contributed by atoms with Crippen LogP contribution in [0.25, 0.3) is 0 Å². The van der Waals surface area contributed by atoms with Crippen LogP contribution >= 0.6 is 23.4 Å². The Morgan fingerprint density at radius 2 is 1.97 bits per heavy atom. The highest BCUT2D eigenvalue weighted by Gasteiger charge is 2.28. The van der Waals surface area contributed by atoms with E-state index in [0.29, 0.717) is 23.0 Å². The molecule has 0 aliphatic carbocycles. The molecule has 0 saturated carbocycles. The van der Waals surface area contributed by atoms with Crippen molar-refractivity contribution >= 4 is 40.8 Å². The van der Waals surface area contributed by atoms with Gasteiger partial charge in [0.1, 0.15) is 10.8 Å². The third-order valence-electron chi connectivity index (χ3n) is 5.39. The van der Waals surface area contributed by atoms with E-state index in [9.17, 15) is 4.79 Å². The highest BCUT2D eigenvalue weighted by atomic mass is 35.5. The smallest absolute Gasteiger partial charge is 0.229 e. The molecule has 3 aromatic rings. The number of carbonyl (C=O) groups is 1. The van der Waals surface area contributed by atoms with E-state index >= 15 is 0 Å². The van der Waals surface area contributed by atoms with E-state index in [1.807, 2.05) is 0 Å². The number of ether oxygens (including phenoxy) is 1. The van der Waals surface area contributed by atoms with Crippen molar-refractivity contribution in [3.8, 4) is 5.75 Å². The molecule has 8 heteroatoms. The molecule has 1 N–H and O–H groups in total. The number of halogens is 1. The fraction of sp³-hybridized carbons (Fsp3) is 0.292. The molecule has 0 spiro atoms. The summed E-state index contributed by atoms with van der Waals surface area (Å²) in [6, 6.07) is 13.6. The number of piperidine rings is 1. The topological polar surface area (TPSA) is 67.3 Å². The zero-order valence-electron chi connectivity index (χ0n) is 18.0. The maximum Gasteiger partial charge on any atom is 0.229 e. The molecule has 32 heavy (non-hydrogen) atoms. The van der Waals surface area contributed by atoms with Crippen molar-refractivity contribution in [1.29, 1.82) is 0 Å². The zero-order chi connectivity index (χ0) is 22.5. The van der Waals surface area contributed by atoms with Gasteiger partial charge in [-0.3, -0.25) is 4.79 Å². The van der Waals surface area contributed by atoms with Crippen LogP contribution < -0.4 is 15.0 Å². The maximum absolute atomic E-state index is 13.0. The fourth-order valence-electron chi connectivity index (χ4n) is 3.70. The Morgan fingerprint density at radius 1 is 1.19 bits per heavy atom. The first-order valence-corrected chi connectivity index (χ1v) is 11.7. The molecule has 2 aromatic carbocycles. The van der Waals surface area contributed by atoms with Crippen molar-refractivity contribution in [1.82, 2.24) is 9.97 Å². The van der Waals surface area contributed by atoms with E-state index in [1.165, 1.54) is 5.56 Å². The third-order valence-corrected chi connectivity index (χ3v) is 6.68. The summed E-state index contributed by atoms with van der Waals surface area (Å²) < 4.78 is 5.18. The number of aromatic nitrogens is 2. The highest BCUT2D eigenvalue weighted by Crippen LogP contribution is 2.34. The van der Waals surface area contributed by atoms with Crippen LogP contribution in [0.1, 0.15) is 18.4 Å². The average molecular weight is 469 g/mol. The van der Waals surface area contributed by atoms with Gasteiger partial charge < -0.3 is 15.0 Å². The van der Waals surface area contributed by atoms with Crippen LogP contribution in [0.5, 0.6) is 5.75 Å². The van der Waals surface area contributed by atoms with Gasteiger partial charge in [-0.2, -0.15) is 0 Å². The van der Waals surface area contributed by atoms with E-state index in [-0.39, 0.29) is 11.8 Å². The second-order valence-corrected chi connectivity index (χ2v) is 9.19. The number of nitrogens with zero attached hydrogens (tertiary/aromatic N) is 3. The lowest BCUT2D eigenvalue weighted by Crippen LogP contribution is -2.41. The third kappa shape index (κ3) is 5.34. The number of benzene rings is 2. The summed E-state index contributed by atoms with van der Waals surface area (Å²) in [5, 5.41) is 4.30. The predicted molar refractivity (Wildman–Crippen MR) is 129 cm³/mol. The van der Waals surface area contributed by atoms with Crippen LogP contribution in [0.4, 0.5) is 11.5 Å². The van der Waals surface area contributed by atoms with Gasteiger partial charge in [0.05, 0.1) is 18.1 Å². The van der Waals surface area contributed by atoms with Crippen molar-refractivity contribution in [2.24, 2.45) is 5.92 Å². The van der Waals surface area contributed by atoms with Crippen LogP contribution in [-0.4, -0.2) is 36.1 Å². The molecule has 1 atom stereocenters. The monoisotopic (exact) mass is 468 g/mol. The second-order valence-electron chi connectivity index (χ2n) is 7.72. The summed E-state index contributed by atoms with van der Waals surface area (Å²) in [5.41, 5.74) is 1.88. The fourth-order valence-corrected chi connectivity index (χ4v) is 4.84. The number of hydrogen-bond acceptors (Lipinski definition) is 6. The summed E-state index contributed by atoms with van der Waals surface area (Å²) in [6.45, 7) is 3.51. The number of anilines is 2. The first-order chi connectivity index (χ1) is 15.5. The maximum atomic E-state index is 13.0. The molecule has 1 aliphatic rings. The van der Waals surface area contributed by atoms with E-state index in [1.54, 1.807) is 49.5 Å². The number of carbonyl (C=O) groups excluding carboxylic acids is 1. The summed E-state index contributed by atoms with van der Waals surface area (Å²) in [6.07, 6.45) is 5.15. The summed E-state index contributed by atoms with van der Waals surface area (Å²) in [5.74, 6) is 1.23. The molecule has 1 aliphatic heterocycles. The largest absolute Gasteiger partial charge is 0.495 e. The second kappa shape index (κ2) is 10.2. The van der Waals surface area contributed by atoms with E-state index in [2.05, 4.69) is 51.4 Å². The van der Waals surface area contributed by atoms with Crippen LogP contribution in [0, 0.1) is 12.8 Å². The molecule has 6 nitrogen and oxygen atoms in total. The Bertz CT molecular complexity index is 1090. The molecule has 0 bridgehead atoms. The van der Waals surface area contributed by atoms with Gasteiger partial charge >= 0.3 is 0 Å². The minimum absolute atomic E-state index is 0.0208. The van der Waals surface area contributed by atoms with Crippen molar-refractivity contribution < 1.29 is 9.53 Å². The molecule has 0 radical (unpaired) electrons. The summed E-state index contributed by atoms with van der Waals surface area (Å²) >= 11 is 7.78. The lowest BCUT2D eigenvalue weighted by Gasteiger charge is -2.33. The number of hydrogen-bond donors (Lipinski definition) is 1. The highest BCUT2D eigenvalue weighted by molar-refractivity contribution is 7.99. The molecule has 2 heterocycles. The van der Waals surface area contributed by atoms with Gasteiger partial charge in [-0.25, -0.2) is 9.97 Å². The zero-order valence-corrected chi connectivity index (χ0v) is 19.6. The van der Waals surface area contributed by atoms with Gasteiger partial charge in [0.25, 0.3) is 0 Å². The number of rotatable bonds is 6. The average Bonchev–Trinajstić information content (AvgIpc) is 2.81. The van der Waals surface area contributed by atoms with Crippen LogP contribution in [0.15, 0.2) is 64.8 Å². The summed E-state index contributed by atoms with van der Waals surface area (Å²) in [7, 11) is 1.56. The van der Waals surface area contributed by atoms with Crippen molar-refractivity contribution in [3.05, 3.63) is 65.4 Å². The first-order valence-electron chi connectivity index (χ1n) is 10.5. The van der Waals surface area contributed by atoms with Gasteiger partial charge in [-0.05, 0) is 50.1 Å². The Labute approximate surface area is 197 Å². The predicted octanol–water partition coefficient (Wildman–Crippen LogP) is 5.45. The Morgan fingerprint density at radius 3 is 2.72 bits per heavy atom. The Balaban J connectivity index is 1.46. The lowest BCUT2D eigenvalue weighted by atomic mass is 9.97. The molecule has 4 rings (SSSR count). The van der Waals surface area contributed by atoms with Gasteiger partial charge in [-0.1, -0.05) is 41.1 Å². The first kappa shape index (κ1) is 22.4. The lowest BCUT2D eigenvalue weighted by molar-refractivity contribution is -0.120. The quantitative estimate of drug-likeness (QED) is 0.518. The molecule has 1 aromatic heterocycles. The minimum atomic E-state index is -0.149. The van der Waals surface area contributed by atoms with Gasteiger partial charge in [0.15, 0.2) is 5.82 Å². The van der Waals surface area contributed by atoms with Crippen LogP contribution in [0.3, 0.4) is 0 Å². The standard InChI is InChI=1S/C24H25ClN4O2S/c1-16-5-8-19(9-6-16)32-24-22(26-11-12-27-24)29-13-3-4-17(15-29)23(30)28-18-7-10-21(31-2)20(25)14-18/h5-12,14,17H,3-4,13,15H2,1-2H3,(H,28,30)/t17-/m0/s1. The number of amides is 1. The van der Waals surface area contributed by atoms with Gasteiger partial charge in [0.2, 0.25) is 5.91 Å². The number of aryl methyl sites for hydroxylation is 1. The molecule has 0 unspecified atom stereocenters. The SMILES string of the molecule is COc1ccc(NC(=O)[C@H]2CCCN(c3nccnc3Sc3ccc(C)cc3)C2)cc1Cl. The summed E-state index contributed by atoms with van der Waals surface area (Å²) in [4.78, 5) is 25.4. The Kier molecular flexibility index (Phi) is 7.17. The normalized spacial score (nSPS) is 16.0. The van der Waals surface area contributed by atoms with Crippen molar-refractivity contribution in [2.45, 2.75) is 29.7 Å². The molecular weight excluding hydrogens is 444 g/mol. The number of methoxy groups -OCH3 is 1. The molecule has 1 amide bonds. The molecule has 1 saturated heterocycles. The van der Waals surface area contributed by atoms with E-state index in [4.69, 9.17) is 16.3 Å². The molecular formula is C24H25ClN4O2S. The molecule has 1 fully saturated rings. The number of nitrogens with one attached hydrogen (secondary N) is 1. The van der Waals surface area contributed by atoms with E-state index < -0.39 is 0 Å². The minimum Gasteiger partial charge on any atom is -0.495 e. The van der Waals surface area contributed by atoms with Gasteiger partial charge in [0, 0.05) is 36.1 Å². The van der Waals surface area contributed by atoms with Crippen molar-refractivity contribution in [2.75, 3.05) is 30.4 Å². The van der Waals surface area contributed by atoms with Gasteiger partial charge in [-0.15, -0.1) is 0 Å². The van der Waals surface area contributed by atoms with Crippen molar-refractivity contribution in [3.63, 3.8) is 0 Å².